The van der Waals surface area contributed by atoms with E-state index in [0.717, 1.165) is 15.4 Å². The lowest BCUT2D eigenvalue weighted by atomic mass is 10.2. The molecule has 0 aliphatic carbocycles. The number of rotatable bonds is 5. The van der Waals surface area contributed by atoms with Crippen LogP contribution in [-0.4, -0.2) is 29.0 Å². The van der Waals surface area contributed by atoms with Gasteiger partial charge in [0.2, 0.25) is 0 Å². The number of nitrogens with zero attached hydrogens (tertiary/aromatic N) is 1. The number of aromatic nitrogens is 1. The second-order valence-corrected chi connectivity index (χ2v) is 4.67. The second kappa shape index (κ2) is 5.99. The van der Waals surface area contributed by atoms with E-state index in [-0.39, 0.29) is 6.61 Å². The summed E-state index contributed by atoms with van der Waals surface area (Å²) in [5.74, 6) is -0.734. The number of pyridine rings is 1. The summed E-state index contributed by atoms with van der Waals surface area (Å²) in [7, 11) is 0. The highest BCUT2D eigenvalue weighted by molar-refractivity contribution is 9.10. The molecule has 0 radical (unpaired) electrons. The van der Waals surface area contributed by atoms with Gasteiger partial charge >= 0.3 is 5.97 Å². The number of carboxylic acids is 1. The summed E-state index contributed by atoms with van der Waals surface area (Å²) >= 11 is 3.33. The summed E-state index contributed by atoms with van der Waals surface area (Å²) in [6, 6.07) is 7.04. The van der Waals surface area contributed by atoms with Crippen LogP contribution in [0.2, 0.25) is 0 Å². The van der Waals surface area contributed by atoms with Crippen LogP contribution in [0.4, 0.5) is 0 Å². The van der Waals surface area contributed by atoms with Crippen LogP contribution in [0, 0.1) is 0 Å². The van der Waals surface area contributed by atoms with Crippen molar-refractivity contribution in [1.82, 2.24) is 4.98 Å². The molecule has 0 aliphatic rings. The lowest BCUT2D eigenvalue weighted by Crippen LogP contribution is -2.30. The summed E-state index contributed by atoms with van der Waals surface area (Å²) in [6.07, 6.45) is 0.394. The van der Waals surface area contributed by atoms with E-state index in [0.29, 0.717) is 5.75 Å². The molecule has 100 valence electrons. The monoisotopic (exact) mass is 325 g/mol. The van der Waals surface area contributed by atoms with E-state index in [1.165, 1.54) is 0 Å². The van der Waals surface area contributed by atoms with E-state index in [4.69, 9.17) is 14.6 Å². The third-order valence-corrected chi connectivity index (χ3v) is 2.82. The summed E-state index contributed by atoms with van der Waals surface area (Å²) in [6.45, 7) is 1.97. The van der Waals surface area contributed by atoms with Crippen molar-refractivity contribution < 1.29 is 19.4 Å². The van der Waals surface area contributed by atoms with E-state index in [2.05, 4.69) is 20.9 Å². The molecule has 6 heteroatoms. The Kier molecular flexibility index (Phi) is 4.34. The van der Waals surface area contributed by atoms with Gasteiger partial charge in [0, 0.05) is 22.7 Å². The summed E-state index contributed by atoms with van der Waals surface area (Å²) in [5.41, 5.74) is 0.804. The number of halogens is 1. The lowest BCUT2D eigenvalue weighted by molar-refractivity contribution is -0.170. The van der Waals surface area contributed by atoms with Crippen molar-refractivity contribution in [3.05, 3.63) is 34.9 Å². The fraction of sp³-hybridized carbons (Fsp3) is 0.231. The third kappa shape index (κ3) is 3.42. The van der Waals surface area contributed by atoms with Gasteiger partial charge in [-0.05, 0) is 47.1 Å². The van der Waals surface area contributed by atoms with Gasteiger partial charge < -0.3 is 14.6 Å². The van der Waals surface area contributed by atoms with Crippen molar-refractivity contribution in [2.45, 2.75) is 13.2 Å². The van der Waals surface area contributed by atoms with Gasteiger partial charge in [-0.3, -0.25) is 4.98 Å². The Hall–Kier alpha value is -1.66. The zero-order valence-corrected chi connectivity index (χ0v) is 11.8. The molecule has 0 bridgehead atoms. The van der Waals surface area contributed by atoms with Crippen LogP contribution in [0.5, 0.6) is 5.75 Å². The number of hydrogen-bond acceptors (Lipinski definition) is 4. The Morgan fingerprint density at radius 1 is 1.47 bits per heavy atom. The van der Waals surface area contributed by atoms with Crippen LogP contribution in [0.3, 0.4) is 0 Å². The van der Waals surface area contributed by atoms with Crippen molar-refractivity contribution in [3.63, 3.8) is 0 Å². The molecule has 1 N–H and O–H groups in total. The Bertz CT molecular complexity index is 602. The Labute approximate surface area is 118 Å². The number of hydrogen-bond donors (Lipinski definition) is 1. The molecule has 19 heavy (non-hydrogen) atoms. The van der Waals surface area contributed by atoms with Gasteiger partial charge in [-0.2, -0.15) is 0 Å². The van der Waals surface area contributed by atoms with Crippen LogP contribution in [-0.2, 0) is 9.53 Å². The predicted molar refractivity (Wildman–Crippen MR) is 73.1 cm³/mol. The average Bonchev–Trinajstić information content (AvgIpc) is 2.37. The summed E-state index contributed by atoms with van der Waals surface area (Å²) in [5, 5.41) is 9.81. The molecule has 0 aliphatic heterocycles. The van der Waals surface area contributed by atoms with Crippen molar-refractivity contribution >= 4 is 32.8 Å². The number of fused-ring (bicyclic) bond motifs is 1. The maximum absolute atomic E-state index is 10.9. The van der Waals surface area contributed by atoms with Crippen LogP contribution in [0.25, 0.3) is 10.9 Å². The number of benzene rings is 1. The number of carboxylic acid groups (broad SMARTS) is 1. The van der Waals surface area contributed by atoms with Gasteiger partial charge in [0.25, 0.3) is 6.29 Å². The highest BCUT2D eigenvalue weighted by Crippen LogP contribution is 2.23. The minimum absolute atomic E-state index is 0.262. The van der Waals surface area contributed by atoms with Crippen LogP contribution < -0.4 is 4.74 Å². The largest absolute Gasteiger partial charge is 0.477 e. The maximum Gasteiger partial charge on any atom is 0.373 e. The highest BCUT2D eigenvalue weighted by Gasteiger charge is 2.19. The summed E-state index contributed by atoms with van der Waals surface area (Å²) < 4.78 is 11.1. The molecule has 1 unspecified atom stereocenters. The third-order valence-electron chi connectivity index (χ3n) is 2.38. The standard InChI is InChI=1S/C13H12BrNO4/c1-2-18-13(12(16)17)19-10-3-4-11-8(6-10)5-9(14)7-15-11/h3-7,13H,2H2,1H3,(H,16,17). The molecular weight excluding hydrogens is 314 g/mol. The molecule has 5 nitrogen and oxygen atoms in total. The first kappa shape index (κ1) is 13.8. The molecule has 1 atom stereocenters. The van der Waals surface area contributed by atoms with E-state index >= 15 is 0 Å². The number of carbonyl (C=O) groups is 1. The molecule has 0 amide bonds. The van der Waals surface area contributed by atoms with Crippen molar-refractivity contribution in [2.24, 2.45) is 0 Å². The average molecular weight is 326 g/mol. The maximum atomic E-state index is 10.9. The van der Waals surface area contributed by atoms with Crippen LogP contribution in [0.15, 0.2) is 34.9 Å². The van der Waals surface area contributed by atoms with E-state index in [1.807, 2.05) is 6.07 Å². The van der Waals surface area contributed by atoms with Gasteiger partial charge in [0.05, 0.1) is 5.52 Å². The Morgan fingerprint density at radius 2 is 2.26 bits per heavy atom. The van der Waals surface area contributed by atoms with Crippen molar-refractivity contribution in [2.75, 3.05) is 6.61 Å². The first-order valence-corrected chi connectivity index (χ1v) is 6.46. The zero-order valence-electron chi connectivity index (χ0n) is 10.2. The fourth-order valence-corrected chi connectivity index (χ4v) is 1.94. The van der Waals surface area contributed by atoms with E-state index in [9.17, 15) is 4.79 Å². The molecule has 0 fully saturated rings. The van der Waals surface area contributed by atoms with Gasteiger partial charge in [-0.25, -0.2) is 4.79 Å². The van der Waals surface area contributed by atoms with Gasteiger partial charge in [-0.15, -0.1) is 0 Å². The SMILES string of the molecule is CCOC(Oc1ccc2ncc(Br)cc2c1)C(=O)O. The van der Waals surface area contributed by atoms with Crippen molar-refractivity contribution in [1.29, 1.82) is 0 Å². The van der Waals surface area contributed by atoms with E-state index in [1.54, 1.807) is 31.3 Å². The van der Waals surface area contributed by atoms with Gasteiger partial charge in [0.15, 0.2) is 0 Å². The number of ether oxygens (including phenoxy) is 2. The summed E-state index contributed by atoms with van der Waals surface area (Å²) in [4.78, 5) is 15.2. The molecule has 2 aromatic rings. The molecule has 1 aromatic carbocycles. The zero-order chi connectivity index (χ0) is 13.8. The predicted octanol–water partition coefficient (Wildman–Crippen LogP) is 2.82. The molecule has 0 saturated heterocycles. The van der Waals surface area contributed by atoms with Gasteiger partial charge in [-0.1, -0.05) is 0 Å². The minimum Gasteiger partial charge on any atom is -0.477 e. The van der Waals surface area contributed by atoms with Gasteiger partial charge in [0.1, 0.15) is 5.75 Å². The molecule has 0 spiro atoms. The van der Waals surface area contributed by atoms with E-state index < -0.39 is 12.3 Å². The molecular formula is C13H12BrNO4. The molecule has 1 heterocycles. The lowest BCUT2D eigenvalue weighted by Gasteiger charge is -2.14. The first-order chi connectivity index (χ1) is 9.10. The minimum atomic E-state index is -1.30. The normalized spacial score (nSPS) is 12.3. The Morgan fingerprint density at radius 3 is 2.95 bits per heavy atom. The highest BCUT2D eigenvalue weighted by atomic mass is 79.9. The fourth-order valence-electron chi connectivity index (χ4n) is 1.59. The van der Waals surface area contributed by atoms with Crippen molar-refractivity contribution in [3.8, 4) is 5.75 Å². The molecule has 0 saturated carbocycles. The quantitative estimate of drug-likeness (QED) is 0.856. The molecule has 1 aromatic heterocycles. The topological polar surface area (TPSA) is 68.7 Å². The number of aliphatic carboxylic acids is 1. The molecule has 2 rings (SSSR count). The second-order valence-electron chi connectivity index (χ2n) is 3.75. The smallest absolute Gasteiger partial charge is 0.373 e. The first-order valence-electron chi connectivity index (χ1n) is 5.66. The van der Waals surface area contributed by atoms with Crippen LogP contribution in [0.1, 0.15) is 6.92 Å². The van der Waals surface area contributed by atoms with Crippen LogP contribution >= 0.6 is 15.9 Å². The Balaban J connectivity index is 2.27.